The molecule has 144 valence electrons. The third kappa shape index (κ3) is 3.89. The molecule has 7 nitrogen and oxygen atoms in total. The van der Waals surface area contributed by atoms with Crippen LogP contribution < -0.4 is 5.43 Å². The second-order valence-electron chi connectivity index (χ2n) is 5.53. The minimum absolute atomic E-state index is 0.140. The smallest absolute Gasteiger partial charge is 0.263 e. The van der Waals surface area contributed by atoms with E-state index in [2.05, 4.69) is 4.98 Å². The van der Waals surface area contributed by atoms with Crippen molar-refractivity contribution in [2.75, 3.05) is 0 Å². The lowest BCUT2D eigenvalue weighted by atomic mass is 10.1. The Morgan fingerprint density at radius 2 is 1.79 bits per heavy atom. The number of rotatable bonds is 2. The highest BCUT2D eigenvalue weighted by molar-refractivity contribution is 7.16. The summed E-state index contributed by atoms with van der Waals surface area (Å²) in [5, 5.41) is 48.5. The molecule has 8 heteroatoms. The molecule has 4 N–H and O–H groups in total. The van der Waals surface area contributed by atoms with E-state index in [1.54, 1.807) is 13.0 Å². The molecule has 3 rings (SSSR count). The highest BCUT2D eigenvalue weighted by Crippen LogP contribution is 2.37. The van der Waals surface area contributed by atoms with Crippen molar-refractivity contribution in [3.8, 4) is 39.5 Å². The number of fused-ring (bicyclic) bond motifs is 1. The molecule has 0 unspecified atom stereocenters. The van der Waals surface area contributed by atoms with E-state index >= 15 is 0 Å². The molecule has 0 aromatic heterocycles. The van der Waals surface area contributed by atoms with E-state index in [0.717, 1.165) is 11.3 Å². The van der Waals surface area contributed by atoms with Gasteiger partial charge in [0.15, 0.2) is 23.0 Å². The quantitative estimate of drug-likeness (QED) is 0.380. The van der Waals surface area contributed by atoms with Gasteiger partial charge in [0.2, 0.25) is 0 Å². The Kier molecular flexibility index (Phi) is 6.23. The van der Waals surface area contributed by atoms with Gasteiger partial charge in [-0.2, -0.15) is 5.26 Å². The normalized spacial score (nSPS) is 10.9. The summed E-state index contributed by atoms with van der Waals surface area (Å²) in [4.78, 5) is 16.0. The van der Waals surface area contributed by atoms with Gasteiger partial charge >= 0.3 is 0 Å². The second kappa shape index (κ2) is 8.41. The number of hydrogen-bond donors (Lipinski definition) is 4. The molecule has 1 aliphatic heterocycles. The first kappa shape index (κ1) is 20.7. The third-order valence-electron chi connectivity index (χ3n) is 3.70. The van der Waals surface area contributed by atoms with Gasteiger partial charge in [-0.15, -0.1) is 11.3 Å². The van der Waals surface area contributed by atoms with Crippen molar-refractivity contribution in [1.29, 1.82) is 5.26 Å². The van der Waals surface area contributed by atoms with Crippen molar-refractivity contribution in [3.63, 3.8) is 0 Å². The summed E-state index contributed by atoms with van der Waals surface area (Å²) in [6, 6.07) is 6.07. The average Bonchev–Trinajstić information content (AvgIpc) is 2.70. The predicted octanol–water partition coefficient (Wildman–Crippen LogP) is 3.83. The van der Waals surface area contributed by atoms with E-state index in [9.17, 15) is 30.5 Å². The zero-order valence-corrected chi connectivity index (χ0v) is 16.2. The zero-order valence-electron chi connectivity index (χ0n) is 15.4. The van der Waals surface area contributed by atoms with Crippen molar-refractivity contribution in [1.82, 2.24) is 4.98 Å². The second-order valence-corrected chi connectivity index (χ2v) is 6.53. The van der Waals surface area contributed by atoms with Crippen LogP contribution in [0, 0.1) is 18.3 Å². The number of aryl methyl sites for hydroxylation is 1. The van der Waals surface area contributed by atoms with E-state index < -0.39 is 16.9 Å². The van der Waals surface area contributed by atoms with Gasteiger partial charge in [0, 0.05) is 11.8 Å². The van der Waals surface area contributed by atoms with Gasteiger partial charge in [-0.05, 0) is 42.3 Å². The minimum atomic E-state index is -0.896. The van der Waals surface area contributed by atoms with Crippen LogP contribution in [0.3, 0.4) is 0 Å². The van der Waals surface area contributed by atoms with E-state index in [0.29, 0.717) is 16.7 Å². The van der Waals surface area contributed by atoms with Crippen molar-refractivity contribution >= 4 is 23.0 Å². The average molecular weight is 398 g/mol. The van der Waals surface area contributed by atoms with Gasteiger partial charge < -0.3 is 20.4 Å². The fourth-order valence-corrected chi connectivity index (χ4v) is 3.33. The molecule has 0 spiro atoms. The van der Waals surface area contributed by atoms with Crippen LogP contribution in [0.4, 0.5) is 0 Å². The van der Waals surface area contributed by atoms with Crippen LogP contribution in [0.1, 0.15) is 30.0 Å². The molecule has 0 amide bonds. The topological polar surface area (TPSA) is 135 Å². The number of allylic oxidation sites excluding steroid dienone is 1. The lowest BCUT2D eigenvalue weighted by Gasteiger charge is -2.08. The third-order valence-corrected chi connectivity index (χ3v) is 4.85. The monoisotopic (exact) mass is 398 g/mol. The SMILES string of the molecule is CC.Cc1cc(/C=C(\C#N)c2ncc3cc(O)c(=O)c(O)c-3s2)cc(O)c1O. The molecular formula is C20H18N2O5S. The number of nitrogens with zero attached hydrogens (tertiary/aromatic N) is 2. The number of phenols is 4. The van der Waals surface area contributed by atoms with Crippen LogP contribution >= 0.6 is 11.3 Å². The Morgan fingerprint density at radius 1 is 1.11 bits per heavy atom. The largest absolute Gasteiger partial charge is 0.504 e. The van der Waals surface area contributed by atoms with Gasteiger partial charge in [-0.3, -0.25) is 4.79 Å². The molecule has 0 saturated heterocycles. The van der Waals surface area contributed by atoms with Gasteiger partial charge in [0.05, 0.1) is 10.5 Å². The lowest BCUT2D eigenvalue weighted by Crippen LogP contribution is -2.02. The first-order chi connectivity index (χ1) is 13.3. The maximum Gasteiger partial charge on any atom is 0.263 e. The molecule has 0 bridgehead atoms. The maximum absolute atomic E-state index is 11.7. The van der Waals surface area contributed by atoms with Crippen LogP contribution in [0.5, 0.6) is 23.0 Å². The van der Waals surface area contributed by atoms with Gasteiger partial charge in [0.1, 0.15) is 11.1 Å². The fourth-order valence-electron chi connectivity index (χ4n) is 2.40. The summed E-state index contributed by atoms with van der Waals surface area (Å²) in [6.07, 6.45) is 2.80. The number of benzene rings is 2. The Balaban J connectivity index is 0.00000136. The van der Waals surface area contributed by atoms with Crippen molar-refractivity contribution in [2.45, 2.75) is 20.8 Å². The molecule has 28 heavy (non-hydrogen) atoms. The summed E-state index contributed by atoms with van der Waals surface area (Å²) in [6.45, 7) is 5.61. The standard InChI is InChI=1S/C18H12N2O5S.C2H6/c1-8-2-9(4-12(21)14(8)23)3-10(6-19)18-20-7-11-5-13(22)15(24)16(25)17(11)26-18;1-2/h2-5,7,21-23,25H,1H3;1-2H3/b10-3+;. The molecular weight excluding hydrogens is 380 g/mol. The highest BCUT2D eigenvalue weighted by atomic mass is 32.1. The fraction of sp³-hybridized carbons (Fsp3) is 0.150. The molecule has 1 aromatic rings. The number of nitriles is 1. The molecule has 2 aliphatic rings. The highest BCUT2D eigenvalue weighted by Gasteiger charge is 2.18. The molecule has 0 atom stereocenters. The molecule has 1 aliphatic carbocycles. The Hall–Kier alpha value is -3.57. The first-order valence-corrected chi connectivity index (χ1v) is 9.13. The minimum Gasteiger partial charge on any atom is -0.504 e. The summed E-state index contributed by atoms with van der Waals surface area (Å²) in [5.74, 6) is -1.74. The number of aromatic nitrogens is 1. The molecule has 0 radical (unpaired) electrons. The van der Waals surface area contributed by atoms with Gasteiger partial charge in [-0.25, -0.2) is 4.98 Å². The number of hydrogen-bond acceptors (Lipinski definition) is 8. The maximum atomic E-state index is 11.7. The van der Waals surface area contributed by atoms with Crippen LogP contribution in [0.25, 0.3) is 22.1 Å². The Labute approximate surface area is 165 Å². The Bertz CT molecular complexity index is 1110. The molecule has 0 saturated carbocycles. The predicted molar refractivity (Wildman–Crippen MR) is 108 cm³/mol. The zero-order chi connectivity index (χ0) is 21.0. The summed E-state index contributed by atoms with van der Waals surface area (Å²) in [7, 11) is 0. The summed E-state index contributed by atoms with van der Waals surface area (Å²) < 4.78 is 0. The van der Waals surface area contributed by atoms with Crippen LogP contribution in [-0.2, 0) is 0 Å². The molecule has 1 heterocycles. The van der Waals surface area contributed by atoms with Crippen molar-refractivity contribution in [2.24, 2.45) is 0 Å². The van der Waals surface area contributed by atoms with Gasteiger partial charge in [0.25, 0.3) is 5.43 Å². The first-order valence-electron chi connectivity index (χ1n) is 8.31. The van der Waals surface area contributed by atoms with E-state index in [-0.39, 0.29) is 27.0 Å². The summed E-state index contributed by atoms with van der Waals surface area (Å²) in [5.41, 5.74) is 0.522. The number of phenolic OH excluding ortho intramolecular Hbond substituents is 4. The van der Waals surface area contributed by atoms with Crippen LogP contribution in [0.2, 0.25) is 0 Å². The van der Waals surface area contributed by atoms with Crippen LogP contribution in [-0.4, -0.2) is 25.4 Å². The van der Waals surface area contributed by atoms with Crippen molar-refractivity contribution < 1.29 is 20.4 Å². The van der Waals surface area contributed by atoms with E-state index in [1.165, 1.54) is 24.4 Å². The lowest BCUT2D eigenvalue weighted by molar-refractivity contribution is 0.401. The summed E-state index contributed by atoms with van der Waals surface area (Å²) >= 11 is 0.925. The Morgan fingerprint density at radius 3 is 2.39 bits per heavy atom. The van der Waals surface area contributed by atoms with Crippen molar-refractivity contribution in [3.05, 3.63) is 50.8 Å². The van der Waals surface area contributed by atoms with E-state index in [1.807, 2.05) is 19.9 Å². The van der Waals surface area contributed by atoms with Gasteiger partial charge in [-0.1, -0.05) is 13.8 Å². The van der Waals surface area contributed by atoms with E-state index in [4.69, 9.17) is 0 Å². The van der Waals surface area contributed by atoms with Crippen LogP contribution in [0.15, 0.2) is 29.2 Å². The molecule has 0 fully saturated rings. The number of aromatic hydroxyl groups is 4. The molecule has 1 aromatic carbocycles.